The van der Waals surface area contributed by atoms with Crippen molar-refractivity contribution in [2.24, 2.45) is 5.92 Å². The van der Waals surface area contributed by atoms with Gasteiger partial charge >= 0.3 is 6.18 Å². The fourth-order valence-corrected chi connectivity index (χ4v) is 6.46. The zero-order valence-corrected chi connectivity index (χ0v) is 22.3. The molecule has 8 nitrogen and oxygen atoms in total. The van der Waals surface area contributed by atoms with E-state index in [-0.39, 0.29) is 24.4 Å². The average molecular weight is 549 g/mol. The molecule has 1 aliphatic carbocycles. The SMILES string of the molecule is COCC1CCN(C2CCC(O)(c3ccc(OC)nc3)CC2)C1C(=O)N1CCc2ncc(C(F)(F)F)cc2C1. The van der Waals surface area contributed by atoms with Gasteiger partial charge in [-0.1, -0.05) is 0 Å². The first-order valence-electron chi connectivity index (χ1n) is 13.4. The lowest BCUT2D eigenvalue weighted by atomic mass is 9.77. The van der Waals surface area contributed by atoms with Crippen molar-refractivity contribution in [3.63, 3.8) is 0 Å². The Hall–Kier alpha value is -2.76. The molecule has 0 bridgehead atoms. The largest absolute Gasteiger partial charge is 0.481 e. The number of rotatable bonds is 6. The number of carbonyl (C=O) groups excluding carboxylic acids is 1. The van der Waals surface area contributed by atoms with Gasteiger partial charge in [-0.05, 0) is 56.3 Å². The van der Waals surface area contributed by atoms with Gasteiger partial charge in [0.05, 0.1) is 30.9 Å². The number of hydrogen-bond acceptors (Lipinski definition) is 7. The lowest BCUT2D eigenvalue weighted by Crippen LogP contribution is -2.54. The molecule has 0 aromatic carbocycles. The second-order valence-electron chi connectivity index (χ2n) is 10.9. The van der Waals surface area contributed by atoms with Gasteiger partial charge in [-0.3, -0.25) is 14.7 Å². The lowest BCUT2D eigenvalue weighted by Gasteiger charge is -2.43. The van der Waals surface area contributed by atoms with E-state index in [4.69, 9.17) is 9.47 Å². The molecular weight excluding hydrogens is 513 g/mol. The number of methoxy groups -OCH3 is 2. The monoisotopic (exact) mass is 548 g/mol. The summed E-state index contributed by atoms with van der Waals surface area (Å²) in [5.74, 6) is 0.414. The van der Waals surface area contributed by atoms with Crippen LogP contribution in [0.2, 0.25) is 0 Å². The quantitative estimate of drug-likeness (QED) is 0.591. The minimum atomic E-state index is -4.48. The second-order valence-corrected chi connectivity index (χ2v) is 10.9. The molecule has 1 saturated heterocycles. The Labute approximate surface area is 226 Å². The Kier molecular flexibility index (Phi) is 7.85. The molecule has 2 aromatic heterocycles. The van der Waals surface area contributed by atoms with Gasteiger partial charge in [0.1, 0.15) is 0 Å². The Balaban J connectivity index is 1.30. The predicted octanol–water partition coefficient (Wildman–Crippen LogP) is 3.56. The summed E-state index contributed by atoms with van der Waals surface area (Å²) >= 11 is 0. The number of pyridine rings is 2. The van der Waals surface area contributed by atoms with Gasteiger partial charge in [-0.2, -0.15) is 13.2 Å². The van der Waals surface area contributed by atoms with E-state index in [0.717, 1.165) is 30.8 Å². The zero-order valence-electron chi connectivity index (χ0n) is 22.3. The maximum absolute atomic E-state index is 14.0. The van der Waals surface area contributed by atoms with Crippen molar-refractivity contribution in [1.29, 1.82) is 0 Å². The fraction of sp³-hybridized carbons (Fsp3) is 0.607. The van der Waals surface area contributed by atoms with E-state index in [1.807, 2.05) is 6.07 Å². The summed E-state index contributed by atoms with van der Waals surface area (Å²) < 4.78 is 50.4. The van der Waals surface area contributed by atoms with Crippen LogP contribution in [0.1, 0.15) is 54.5 Å². The molecule has 0 radical (unpaired) electrons. The summed E-state index contributed by atoms with van der Waals surface area (Å²) in [6.07, 6.45) is 1.79. The van der Waals surface area contributed by atoms with E-state index < -0.39 is 23.4 Å². The Morgan fingerprint density at radius 2 is 1.90 bits per heavy atom. The van der Waals surface area contributed by atoms with E-state index in [2.05, 4.69) is 14.9 Å². The predicted molar refractivity (Wildman–Crippen MR) is 136 cm³/mol. The number of fused-ring (bicyclic) bond motifs is 1. The van der Waals surface area contributed by atoms with Crippen LogP contribution in [0.3, 0.4) is 0 Å². The number of likely N-dealkylation sites (tertiary alicyclic amines) is 1. The first-order chi connectivity index (χ1) is 18.6. The summed E-state index contributed by atoms with van der Waals surface area (Å²) in [5.41, 5.74) is 0.0427. The lowest BCUT2D eigenvalue weighted by molar-refractivity contribution is -0.140. The van der Waals surface area contributed by atoms with Crippen molar-refractivity contribution in [2.75, 3.05) is 33.9 Å². The molecule has 2 unspecified atom stereocenters. The number of hydrogen-bond donors (Lipinski definition) is 1. The third-order valence-corrected chi connectivity index (χ3v) is 8.61. The van der Waals surface area contributed by atoms with Gasteiger partial charge in [0.15, 0.2) is 0 Å². The van der Waals surface area contributed by atoms with Gasteiger partial charge in [0.2, 0.25) is 11.8 Å². The highest BCUT2D eigenvalue weighted by Gasteiger charge is 2.47. The summed E-state index contributed by atoms with van der Waals surface area (Å²) in [7, 11) is 3.17. The maximum Gasteiger partial charge on any atom is 0.417 e. The Bertz CT molecular complexity index is 1170. The first kappa shape index (κ1) is 27.8. The van der Waals surface area contributed by atoms with E-state index in [0.29, 0.717) is 62.4 Å². The van der Waals surface area contributed by atoms with Gasteiger partial charge in [-0.15, -0.1) is 0 Å². The van der Waals surface area contributed by atoms with Crippen LogP contribution in [0.5, 0.6) is 5.88 Å². The molecule has 1 N–H and O–H groups in total. The van der Waals surface area contributed by atoms with Gasteiger partial charge in [0, 0.05) is 68.3 Å². The van der Waals surface area contributed by atoms with Crippen LogP contribution in [0, 0.1) is 5.92 Å². The standard InChI is InChI=1S/C28H35F3N4O4/c1-38-17-18-7-12-35(22-5-9-27(37,10-6-22)20-3-4-24(39-2)33-14-20)25(18)26(36)34-11-8-23-19(16-34)13-21(15-32-23)28(29,30)31/h3-4,13-15,18,22,25,37H,5-12,16-17H2,1-2H3. The van der Waals surface area contributed by atoms with Crippen molar-refractivity contribution in [3.8, 4) is 5.88 Å². The molecule has 0 spiro atoms. The smallest absolute Gasteiger partial charge is 0.417 e. The van der Waals surface area contributed by atoms with Crippen LogP contribution in [0.15, 0.2) is 30.6 Å². The Morgan fingerprint density at radius 3 is 2.54 bits per heavy atom. The highest BCUT2D eigenvalue weighted by molar-refractivity contribution is 5.83. The van der Waals surface area contributed by atoms with E-state index in [1.165, 1.54) is 0 Å². The molecule has 2 aliphatic heterocycles. The fourth-order valence-electron chi connectivity index (χ4n) is 6.46. The van der Waals surface area contributed by atoms with Crippen molar-refractivity contribution in [3.05, 3.63) is 53.0 Å². The molecule has 3 aliphatic rings. The highest BCUT2D eigenvalue weighted by atomic mass is 19.4. The number of carbonyl (C=O) groups is 1. The molecule has 1 amide bonds. The molecule has 2 aromatic rings. The average Bonchev–Trinajstić information content (AvgIpc) is 3.35. The summed E-state index contributed by atoms with van der Waals surface area (Å²) in [6, 6.07) is 4.41. The molecule has 39 heavy (non-hydrogen) atoms. The second kappa shape index (κ2) is 11.0. The molecule has 2 fully saturated rings. The zero-order chi connectivity index (χ0) is 27.8. The number of aromatic nitrogens is 2. The van der Waals surface area contributed by atoms with E-state index in [9.17, 15) is 23.1 Å². The molecule has 2 atom stereocenters. The third kappa shape index (κ3) is 5.62. The molecule has 4 heterocycles. The third-order valence-electron chi connectivity index (χ3n) is 8.61. The van der Waals surface area contributed by atoms with E-state index >= 15 is 0 Å². The molecule has 5 rings (SSSR count). The summed E-state index contributed by atoms with van der Waals surface area (Å²) in [6.45, 7) is 1.71. The van der Waals surface area contributed by atoms with Gasteiger partial charge in [-0.25, -0.2) is 4.98 Å². The number of amides is 1. The van der Waals surface area contributed by atoms with Crippen molar-refractivity contribution >= 4 is 5.91 Å². The summed E-state index contributed by atoms with van der Waals surface area (Å²) in [4.78, 5) is 26.2. The van der Waals surface area contributed by atoms with Crippen molar-refractivity contribution < 1.29 is 32.5 Å². The Morgan fingerprint density at radius 1 is 1.13 bits per heavy atom. The van der Waals surface area contributed by atoms with Crippen molar-refractivity contribution in [1.82, 2.24) is 19.8 Å². The van der Waals surface area contributed by atoms with Crippen LogP contribution in [-0.2, 0) is 34.3 Å². The molecular formula is C28H35F3N4O4. The highest BCUT2D eigenvalue weighted by Crippen LogP contribution is 2.41. The van der Waals surface area contributed by atoms with Crippen molar-refractivity contribution in [2.45, 2.75) is 68.9 Å². The number of alkyl halides is 3. The van der Waals surface area contributed by atoms with Gasteiger partial charge < -0.3 is 19.5 Å². The van der Waals surface area contributed by atoms with Crippen LogP contribution >= 0.6 is 0 Å². The first-order valence-corrected chi connectivity index (χ1v) is 13.4. The molecule has 212 valence electrons. The number of ether oxygens (including phenoxy) is 2. The van der Waals surface area contributed by atoms with E-state index in [1.54, 1.807) is 31.4 Å². The normalized spacial score (nSPS) is 27.8. The summed E-state index contributed by atoms with van der Waals surface area (Å²) in [5, 5.41) is 11.4. The van der Waals surface area contributed by atoms with Crippen LogP contribution in [0.4, 0.5) is 13.2 Å². The molecule has 1 saturated carbocycles. The molecule has 11 heteroatoms. The minimum Gasteiger partial charge on any atom is -0.481 e. The topological polar surface area (TPSA) is 88.0 Å². The van der Waals surface area contributed by atoms with Gasteiger partial charge in [0.25, 0.3) is 0 Å². The maximum atomic E-state index is 14.0. The minimum absolute atomic E-state index is 0.00451. The number of halogens is 3. The van der Waals surface area contributed by atoms with Crippen LogP contribution in [0.25, 0.3) is 0 Å². The number of nitrogens with zero attached hydrogens (tertiary/aromatic N) is 4. The number of aliphatic hydroxyl groups is 1. The van der Waals surface area contributed by atoms with Crippen LogP contribution < -0.4 is 4.74 Å². The van der Waals surface area contributed by atoms with Crippen LogP contribution in [-0.4, -0.2) is 76.8 Å².